The highest BCUT2D eigenvalue weighted by atomic mass is 14.7. The number of hydrogen-bond acceptors (Lipinski definition) is 0. The Morgan fingerprint density at radius 1 is 1.43 bits per heavy atom. The molecule has 2 aliphatic rings. The van der Waals surface area contributed by atoms with E-state index in [-0.39, 0.29) is 0 Å². The van der Waals surface area contributed by atoms with Crippen LogP contribution >= 0.6 is 0 Å². The second kappa shape index (κ2) is 3.12. The lowest BCUT2D eigenvalue weighted by molar-refractivity contribution is -0.109. The maximum Gasteiger partial charge on any atom is -0.0197 e. The fourth-order valence-electron chi connectivity index (χ4n) is 4.53. The highest BCUT2D eigenvalue weighted by molar-refractivity contribution is 5.13. The van der Waals surface area contributed by atoms with E-state index in [2.05, 4.69) is 40.3 Å². The smallest absolute Gasteiger partial charge is 0.0197 e. The van der Waals surface area contributed by atoms with Crippen LogP contribution in [0.3, 0.4) is 0 Å². The van der Waals surface area contributed by atoms with Crippen molar-refractivity contribution in [3.8, 4) is 0 Å². The Bertz CT molecular complexity index is 242. The van der Waals surface area contributed by atoms with Crippen LogP contribution in [0.1, 0.15) is 40.5 Å². The summed E-state index contributed by atoms with van der Waals surface area (Å²) in [7, 11) is 0. The summed E-state index contributed by atoms with van der Waals surface area (Å²) >= 11 is 0. The van der Waals surface area contributed by atoms with E-state index in [0.717, 1.165) is 29.6 Å². The molecule has 2 aliphatic carbocycles. The first kappa shape index (κ1) is 10.3. The van der Waals surface area contributed by atoms with E-state index in [1.165, 1.54) is 12.8 Å². The van der Waals surface area contributed by atoms with Crippen molar-refractivity contribution in [3.05, 3.63) is 12.7 Å². The largest absolute Gasteiger partial charge is 0.103 e. The molecule has 0 radical (unpaired) electrons. The van der Waals surface area contributed by atoms with Crippen LogP contribution in [-0.4, -0.2) is 0 Å². The van der Waals surface area contributed by atoms with E-state index in [9.17, 15) is 0 Å². The first-order valence-corrected chi connectivity index (χ1v) is 6.18. The van der Waals surface area contributed by atoms with Gasteiger partial charge in [0.1, 0.15) is 0 Å². The summed E-state index contributed by atoms with van der Waals surface area (Å²) in [5.74, 6) is 4.59. The van der Waals surface area contributed by atoms with Crippen LogP contribution in [0.5, 0.6) is 0 Å². The maximum atomic E-state index is 4.02. The molecule has 2 saturated carbocycles. The van der Waals surface area contributed by atoms with Crippen molar-refractivity contribution in [2.24, 2.45) is 35.0 Å². The van der Waals surface area contributed by atoms with Gasteiger partial charge >= 0.3 is 0 Å². The van der Waals surface area contributed by atoms with Gasteiger partial charge in [-0.05, 0) is 41.4 Å². The Morgan fingerprint density at radius 3 is 2.57 bits per heavy atom. The lowest BCUT2D eigenvalue weighted by Gasteiger charge is -2.59. The normalized spacial score (nSPS) is 56.4. The molecule has 0 nitrogen and oxygen atoms in total. The summed E-state index contributed by atoms with van der Waals surface area (Å²) in [4.78, 5) is 0. The minimum atomic E-state index is 0.605. The molecule has 6 atom stereocenters. The molecule has 14 heavy (non-hydrogen) atoms. The molecule has 0 spiro atoms. The first-order valence-electron chi connectivity index (χ1n) is 6.18. The van der Waals surface area contributed by atoms with Gasteiger partial charge < -0.3 is 0 Å². The number of hydrogen-bond donors (Lipinski definition) is 0. The third-order valence-electron chi connectivity index (χ3n) is 5.62. The topological polar surface area (TPSA) is 0 Å². The van der Waals surface area contributed by atoms with Crippen LogP contribution in [0, 0.1) is 35.0 Å². The van der Waals surface area contributed by atoms with Crippen molar-refractivity contribution in [2.75, 3.05) is 0 Å². The zero-order valence-corrected chi connectivity index (χ0v) is 10.1. The summed E-state index contributed by atoms with van der Waals surface area (Å²) in [6.07, 6.45) is 4.95. The Morgan fingerprint density at radius 2 is 2.07 bits per heavy atom. The van der Waals surface area contributed by atoms with Gasteiger partial charge in [0.15, 0.2) is 0 Å². The van der Waals surface area contributed by atoms with Crippen molar-refractivity contribution >= 4 is 0 Å². The second-order valence-corrected chi connectivity index (χ2v) is 5.86. The number of rotatable bonds is 2. The maximum absolute atomic E-state index is 4.02. The molecule has 0 heterocycles. The minimum Gasteiger partial charge on any atom is -0.103 e. The summed E-state index contributed by atoms with van der Waals surface area (Å²) in [5, 5.41) is 0. The van der Waals surface area contributed by atoms with Crippen molar-refractivity contribution in [1.29, 1.82) is 0 Å². The SMILES string of the molecule is C=CC1CC(C)C2C(C)C(C)(CC)C12. The van der Waals surface area contributed by atoms with E-state index in [4.69, 9.17) is 0 Å². The van der Waals surface area contributed by atoms with Crippen molar-refractivity contribution in [2.45, 2.75) is 40.5 Å². The molecule has 0 aromatic rings. The summed E-state index contributed by atoms with van der Waals surface area (Å²) in [6, 6.07) is 0. The van der Waals surface area contributed by atoms with Crippen LogP contribution < -0.4 is 0 Å². The van der Waals surface area contributed by atoms with Gasteiger partial charge in [-0.15, -0.1) is 6.58 Å². The molecular formula is C14H24. The van der Waals surface area contributed by atoms with E-state index in [1.54, 1.807) is 0 Å². The third kappa shape index (κ3) is 1.00. The minimum absolute atomic E-state index is 0.605. The highest BCUT2D eigenvalue weighted by Gasteiger charge is 2.62. The molecule has 0 saturated heterocycles. The van der Waals surface area contributed by atoms with Gasteiger partial charge in [0.2, 0.25) is 0 Å². The molecule has 0 aromatic carbocycles. The van der Waals surface area contributed by atoms with Crippen LogP contribution in [0.25, 0.3) is 0 Å². The Kier molecular flexibility index (Phi) is 2.28. The van der Waals surface area contributed by atoms with E-state index in [1.807, 2.05) is 0 Å². The Balaban J connectivity index is 2.25. The van der Waals surface area contributed by atoms with Crippen molar-refractivity contribution < 1.29 is 0 Å². The molecule has 6 unspecified atom stereocenters. The van der Waals surface area contributed by atoms with E-state index >= 15 is 0 Å². The lowest BCUT2D eigenvalue weighted by Crippen LogP contribution is -2.54. The van der Waals surface area contributed by atoms with Gasteiger partial charge in [0.25, 0.3) is 0 Å². The van der Waals surface area contributed by atoms with Gasteiger partial charge in [-0.2, -0.15) is 0 Å². The van der Waals surface area contributed by atoms with Gasteiger partial charge in [-0.1, -0.05) is 40.2 Å². The van der Waals surface area contributed by atoms with Gasteiger partial charge in [-0.25, -0.2) is 0 Å². The zero-order chi connectivity index (χ0) is 10.5. The van der Waals surface area contributed by atoms with Crippen LogP contribution in [0.4, 0.5) is 0 Å². The average molecular weight is 192 g/mol. The fraction of sp³-hybridized carbons (Fsp3) is 0.857. The van der Waals surface area contributed by atoms with E-state index < -0.39 is 0 Å². The fourth-order valence-corrected chi connectivity index (χ4v) is 4.53. The summed E-state index contributed by atoms with van der Waals surface area (Å²) in [6.45, 7) is 13.8. The van der Waals surface area contributed by atoms with Crippen LogP contribution in [0.15, 0.2) is 12.7 Å². The molecule has 2 fully saturated rings. The summed E-state index contributed by atoms with van der Waals surface area (Å²) < 4.78 is 0. The van der Waals surface area contributed by atoms with Gasteiger partial charge in [-0.3, -0.25) is 0 Å². The molecule has 0 amide bonds. The van der Waals surface area contributed by atoms with Crippen molar-refractivity contribution in [3.63, 3.8) is 0 Å². The summed E-state index contributed by atoms with van der Waals surface area (Å²) in [5.41, 5.74) is 0.605. The van der Waals surface area contributed by atoms with Gasteiger partial charge in [0.05, 0.1) is 0 Å². The monoisotopic (exact) mass is 192 g/mol. The van der Waals surface area contributed by atoms with Crippen molar-refractivity contribution in [1.82, 2.24) is 0 Å². The lowest BCUT2D eigenvalue weighted by atomic mass is 9.45. The Hall–Kier alpha value is -0.260. The quantitative estimate of drug-likeness (QED) is 0.577. The third-order valence-corrected chi connectivity index (χ3v) is 5.62. The standard InChI is InChI=1S/C14H24/c1-6-11-8-9(3)12-10(4)14(5,7-2)13(11)12/h6,9-13H,1,7-8H2,2-5H3. The van der Waals surface area contributed by atoms with Crippen LogP contribution in [0.2, 0.25) is 0 Å². The second-order valence-electron chi connectivity index (χ2n) is 5.86. The average Bonchev–Trinajstić information content (AvgIpc) is 2.51. The molecule has 0 bridgehead atoms. The number of fused-ring (bicyclic) bond motifs is 1. The molecule has 0 N–H and O–H groups in total. The Labute approximate surface area is 88.8 Å². The van der Waals surface area contributed by atoms with Gasteiger partial charge in [0, 0.05) is 0 Å². The zero-order valence-electron chi connectivity index (χ0n) is 10.1. The molecule has 0 aromatic heterocycles. The number of allylic oxidation sites excluding steroid dienone is 1. The first-order chi connectivity index (χ1) is 6.56. The molecule has 0 aliphatic heterocycles. The molecule has 0 heteroatoms. The highest BCUT2D eigenvalue weighted by Crippen LogP contribution is 2.68. The predicted octanol–water partition coefficient (Wildman–Crippen LogP) is 4.13. The molecular weight excluding hydrogens is 168 g/mol. The molecule has 2 rings (SSSR count). The predicted molar refractivity (Wildman–Crippen MR) is 62.0 cm³/mol. The van der Waals surface area contributed by atoms with Crippen LogP contribution in [-0.2, 0) is 0 Å². The molecule has 80 valence electrons. The van der Waals surface area contributed by atoms with E-state index in [0.29, 0.717) is 5.41 Å².